The van der Waals surface area contributed by atoms with E-state index in [0.717, 1.165) is 38.8 Å². The number of halogens is 3. The number of rotatable bonds is 6. The number of alkyl halides is 1. The summed E-state index contributed by atoms with van der Waals surface area (Å²) >= 11 is 5.71. The van der Waals surface area contributed by atoms with Crippen LogP contribution in [0.5, 0.6) is 0 Å². The Morgan fingerprint density at radius 1 is 0.703 bits per heavy atom. The lowest BCUT2D eigenvalue weighted by molar-refractivity contribution is 0.249. The zero-order chi connectivity index (χ0) is 26.0. The second-order valence-electron chi connectivity index (χ2n) is 11.5. The molecule has 0 radical (unpaired) electrons. The van der Waals surface area contributed by atoms with Crippen LogP contribution < -0.4 is 4.90 Å². The lowest BCUT2D eigenvalue weighted by atomic mass is 9.97. The summed E-state index contributed by atoms with van der Waals surface area (Å²) in [6.07, 6.45) is 5.28. The van der Waals surface area contributed by atoms with Crippen LogP contribution in [0.4, 0.5) is 14.5 Å². The first-order valence-electron chi connectivity index (χ1n) is 13.5. The summed E-state index contributed by atoms with van der Waals surface area (Å²) < 4.78 is 27.0. The molecule has 3 fully saturated rings. The Morgan fingerprint density at radius 3 is 1.68 bits per heavy atom. The summed E-state index contributed by atoms with van der Waals surface area (Å²) in [5.74, 6) is -0.377. The fourth-order valence-electron chi connectivity index (χ4n) is 5.10. The highest BCUT2D eigenvalue weighted by molar-refractivity contribution is 6.17. The minimum absolute atomic E-state index is 0.420. The molecule has 0 unspecified atom stereocenters. The molecule has 1 aliphatic heterocycles. The fraction of sp³-hybridized carbons (Fsp3) is 0.438. The minimum Gasteiger partial charge on any atom is -0.367 e. The van der Waals surface area contributed by atoms with Gasteiger partial charge in [0.25, 0.3) is 0 Å². The van der Waals surface area contributed by atoms with Gasteiger partial charge in [-0.15, -0.1) is 11.6 Å². The van der Waals surface area contributed by atoms with E-state index in [1.165, 1.54) is 60.1 Å². The summed E-state index contributed by atoms with van der Waals surface area (Å²) in [4.78, 5) is 4.40. The molecule has 0 bridgehead atoms. The molecule has 6 rings (SSSR count). The van der Waals surface area contributed by atoms with Crippen LogP contribution in [0.15, 0.2) is 66.7 Å². The molecule has 5 heteroatoms. The predicted octanol–water partition coefficient (Wildman–Crippen LogP) is 7.82. The van der Waals surface area contributed by atoms with Crippen molar-refractivity contribution < 1.29 is 8.78 Å². The third-order valence-electron chi connectivity index (χ3n) is 8.48. The van der Waals surface area contributed by atoms with Crippen LogP contribution in [-0.2, 0) is 23.3 Å². The first-order valence-corrected chi connectivity index (χ1v) is 14.0. The third-order valence-corrected chi connectivity index (χ3v) is 8.79. The molecule has 2 nitrogen and oxygen atoms in total. The van der Waals surface area contributed by atoms with Crippen LogP contribution in [0.3, 0.4) is 0 Å². The van der Waals surface area contributed by atoms with E-state index in [4.69, 9.17) is 11.6 Å². The van der Waals surface area contributed by atoms with Crippen molar-refractivity contribution in [3.63, 3.8) is 0 Å². The predicted molar refractivity (Wildman–Crippen MR) is 149 cm³/mol. The van der Waals surface area contributed by atoms with Gasteiger partial charge in [-0.2, -0.15) is 0 Å². The van der Waals surface area contributed by atoms with Crippen LogP contribution in [0, 0.1) is 11.6 Å². The molecule has 37 heavy (non-hydrogen) atoms. The molecule has 0 aromatic heterocycles. The molecule has 196 valence electrons. The Labute approximate surface area is 225 Å². The van der Waals surface area contributed by atoms with Crippen molar-refractivity contribution in [2.24, 2.45) is 0 Å². The van der Waals surface area contributed by atoms with Gasteiger partial charge in [0.1, 0.15) is 11.6 Å². The highest BCUT2D eigenvalue weighted by Crippen LogP contribution is 2.48. The Morgan fingerprint density at radius 2 is 1.22 bits per heavy atom. The van der Waals surface area contributed by atoms with Crippen LogP contribution in [0.25, 0.3) is 0 Å². The average Bonchev–Trinajstić information content (AvgIpc) is 3.84. The Hall–Kier alpha value is -2.43. The van der Waals surface area contributed by atoms with Crippen LogP contribution in [-0.4, -0.2) is 31.1 Å². The van der Waals surface area contributed by atoms with Gasteiger partial charge in [-0.25, -0.2) is 8.78 Å². The Bertz CT molecular complexity index is 1190. The molecular weight excluding hydrogens is 486 g/mol. The van der Waals surface area contributed by atoms with E-state index in [1.807, 2.05) is 4.90 Å². The van der Waals surface area contributed by atoms with E-state index < -0.39 is 11.6 Å². The Balaban J connectivity index is 0.000000195. The molecular formula is C32H37ClF2N2. The van der Waals surface area contributed by atoms with Gasteiger partial charge in [-0.05, 0) is 70.9 Å². The first-order chi connectivity index (χ1) is 17.8. The highest BCUT2D eigenvalue weighted by Gasteiger charge is 2.39. The lowest BCUT2D eigenvalue weighted by Crippen LogP contribution is -2.46. The smallest absolute Gasteiger partial charge is 0.149 e. The van der Waals surface area contributed by atoms with Crippen LogP contribution in [0.2, 0.25) is 0 Å². The Kier molecular flexibility index (Phi) is 7.60. The first kappa shape index (κ1) is 26.2. The van der Waals surface area contributed by atoms with E-state index in [1.54, 1.807) is 0 Å². The quantitative estimate of drug-likeness (QED) is 0.304. The van der Waals surface area contributed by atoms with E-state index in [-0.39, 0.29) is 0 Å². The molecule has 2 saturated carbocycles. The van der Waals surface area contributed by atoms with Crippen LogP contribution >= 0.6 is 11.6 Å². The monoisotopic (exact) mass is 522 g/mol. The van der Waals surface area contributed by atoms with Crippen molar-refractivity contribution in [3.05, 3.63) is 101 Å². The van der Waals surface area contributed by atoms with Crippen molar-refractivity contribution in [2.45, 2.75) is 62.8 Å². The normalized spacial score (nSPS) is 19.6. The topological polar surface area (TPSA) is 6.48 Å². The van der Waals surface area contributed by atoms with Crippen molar-refractivity contribution in [1.29, 1.82) is 0 Å². The van der Waals surface area contributed by atoms with Crippen LogP contribution in [0.1, 0.15) is 61.8 Å². The maximum absolute atomic E-state index is 13.9. The molecule has 2 aliphatic carbocycles. The van der Waals surface area contributed by atoms with E-state index in [9.17, 15) is 8.78 Å². The van der Waals surface area contributed by atoms with Crippen molar-refractivity contribution in [1.82, 2.24) is 4.90 Å². The maximum Gasteiger partial charge on any atom is 0.149 e. The summed E-state index contributed by atoms with van der Waals surface area (Å²) in [6.45, 7) is 8.87. The van der Waals surface area contributed by atoms with Gasteiger partial charge in [0.15, 0.2) is 0 Å². The third kappa shape index (κ3) is 6.35. The lowest BCUT2D eigenvalue weighted by Gasteiger charge is -2.36. The average molecular weight is 523 g/mol. The molecule has 0 N–H and O–H groups in total. The molecule has 3 aromatic rings. The highest BCUT2D eigenvalue weighted by atomic mass is 35.5. The number of hydrogen-bond donors (Lipinski definition) is 0. The van der Waals surface area contributed by atoms with Gasteiger partial charge in [0.05, 0.1) is 5.69 Å². The molecule has 1 saturated heterocycles. The van der Waals surface area contributed by atoms with Gasteiger partial charge in [-0.1, -0.05) is 62.4 Å². The van der Waals surface area contributed by atoms with Gasteiger partial charge >= 0.3 is 0 Å². The molecule has 3 aromatic carbocycles. The van der Waals surface area contributed by atoms with E-state index >= 15 is 0 Å². The second-order valence-corrected chi connectivity index (χ2v) is 11.8. The largest absolute Gasteiger partial charge is 0.367 e. The molecule has 0 atom stereocenters. The molecule has 0 amide bonds. The summed E-state index contributed by atoms with van der Waals surface area (Å²) in [5.41, 5.74) is 6.88. The number of hydrogen-bond acceptors (Lipinski definition) is 2. The van der Waals surface area contributed by atoms with Gasteiger partial charge in [0, 0.05) is 44.7 Å². The summed E-state index contributed by atoms with van der Waals surface area (Å²) in [6, 6.07) is 21.5. The number of nitrogens with zero attached hydrogens (tertiary/aromatic N) is 2. The second kappa shape index (κ2) is 10.7. The van der Waals surface area contributed by atoms with Crippen molar-refractivity contribution in [3.8, 4) is 0 Å². The zero-order valence-corrected chi connectivity index (χ0v) is 22.7. The SMILES string of the molecule is CC1(c2ccc(CCl)cc2)CC1.CC1(c2ccc(CN3CCN(c4ccc(F)cc4F)CC3)cc2)CC1. The molecule has 0 spiro atoms. The molecule has 3 aliphatic rings. The number of benzene rings is 3. The van der Waals surface area contributed by atoms with Gasteiger partial charge < -0.3 is 4.90 Å². The van der Waals surface area contributed by atoms with Gasteiger partial charge in [0.2, 0.25) is 0 Å². The van der Waals surface area contributed by atoms with Gasteiger partial charge in [-0.3, -0.25) is 4.90 Å². The van der Waals surface area contributed by atoms with E-state index in [0.29, 0.717) is 22.4 Å². The molecule has 1 heterocycles. The summed E-state index contributed by atoms with van der Waals surface area (Å²) in [5, 5.41) is 0. The zero-order valence-electron chi connectivity index (χ0n) is 22.0. The number of anilines is 1. The maximum atomic E-state index is 13.9. The number of piperazine rings is 1. The summed E-state index contributed by atoms with van der Waals surface area (Å²) in [7, 11) is 0. The fourth-order valence-corrected chi connectivity index (χ4v) is 5.28. The minimum atomic E-state index is -0.525. The van der Waals surface area contributed by atoms with Crippen molar-refractivity contribution in [2.75, 3.05) is 31.1 Å². The van der Waals surface area contributed by atoms with Crippen molar-refractivity contribution >= 4 is 17.3 Å². The standard InChI is InChI=1S/C21H24F2N2.C11H13Cl/c1-21(8-9-21)17-4-2-16(3-5-17)15-24-10-12-25(13-11-24)20-7-6-18(22)14-19(20)23;1-11(6-7-11)10-4-2-9(8-12)3-5-10/h2-7,14H,8-13,15H2,1H3;2-5H,6-8H2,1H3. The van der Waals surface area contributed by atoms with E-state index in [2.05, 4.69) is 67.3 Å².